The predicted molar refractivity (Wildman–Crippen MR) is 103 cm³/mol. The van der Waals surface area contributed by atoms with Crippen molar-refractivity contribution in [1.82, 2.24) is 9.88 Å². The van der Waals surface area contributed by atoms with E-state index in [9.17, 15) is 14.4 Å². The van der Waals surface area contributed by atoms with Crippen LogP contribution in [0.1, 0.15) is 32.3 Å². The van der Waals surface area contributed by atoms with Gasteiger partial charge in [-0.3, -0.25) is 14.4 Å². The van der Waals surface area contributed by atoms with Crippen molar-refractivity contribution in [3.8, 4) is 0 Å². The monoisotopic (exact) mass is 386 g/mol. The Morgan fingerprint density at radius 2 is 1.93 bits per heavy atom. The number of nitrogens with zero attached hydrogens (tertiary/aromatic N) is 1. The van der Waals surface area contributed by atoms with Gasteiger partial charge in [-0.2, -0.15) is 0 Å². The molecular formula is C21H26N2O5. The van der Waals surface area contributed by atoms with Crippen molar-refractivity contribution >= 4 is 28.7 Å². The number of likely N-dealkylation sites (tertiary alicyclic amines) is 1. The number of nitrogens with one attached hydrogen (secondary N) is 1. The summed E-state index contributed by atoms with van der Waals surface area (Å²) in [6.45, 7) is 4.66. The molecule has 7 heteroatoms. The first-order valence-corrected chi connectivity index (χ1v) is 9.69. The van der Waals surface area contributed by atoms with Crippen LogP contribution in [0.15, 0.2) is 30.5 Å². The predicted octanol–water partition coefficient (Wildman–Crippen LogP) is 2.44. The van der Waals surface area contributed by atoms with Crippen LogP contribution in [-0.4, -0.2) is 53.5 Å². The Labute approximate surface area is 164 Å². The number of para-hydroxylation sites is 1. The average molecular weight is 386 g/mol. The Morgan fingerprint density at radius 1 is 1.21 bits per heavy atom. The molecule has 1 fully saturated rings. The number of aromatic nitrogens is 1. The minimum Gasteiger partial charge on any atom is -0.466 e. The number of amides is 1. The molecule has 150 valence electrons. The molecule has 0 bridgehead atoms. The van der Waals surface area contributed by atoms with E-state index in [0.29, 0.717) is 32.5 Å². The third-order valence-electron chi connectivity index (χ3n) is 5.09. The van der Waals surface area contributed by atoms with Crippen molar-refractivity contribution in [2.75, 3.05) is 19.7 Å². The number of H-pyrrole nitrogens is 1. The molecule has 1 aliphatic rings. The van der Waals surface area contributed by atoms with Gasteiger partial charge in [0, 0.05) is 30.2 Å². The summed E-state index contributed by atoms with van der Waals surface area (Å²) in [5, 5.41) is 0.972. The van der Waals surface area contributed by atoms with Crippen LogP contribution in [0.5, 0.6) is 0 Å². The number of carbonyl (C=O) groups excluding carboxylic acids is 3. The number of benzene rings is 1. The Hall–Kier alpha value is -2.83. The molecule has 1 amide bonds. The first-order chi connectivity index (χ1) is 13.5. The molecule has 1 aromatic carbocycles. The van der Waals surface area contributed by atoms with E-state index in [0.717, 1.165) is 16.5 Å². The van der Waals surface area contributed by atoms with Gasteiger partial charge in [0.25, 0.3) is 5.91 Å². The standard InChI is InChI=1S/C21H26N2O5/c1-3-27-21(26)15-8-10-23(11-9-15)20(25)14(2)28-19(24)12-16-13-22-18-7-5-4-6-17(16)18/h4-7,13-15,22H,3,8-12H2,1-2H3. The van der Waals surface area contributed by atoms with Crippen LogP contribution >= 0.6 is 0 Å². The number of fused-ring (bicyclic) bond motifs is 1. The normalized spacial score (nSPS) is 16.0. The Bertz CT molecular complexity index is 851. The van der Waals surface area contributed by atoms with Crippen LogP contribution in [-0.2, 0) is 30.3 Å². The first-order valence-electron chi connectivity index (χ1n) is 9.69. The van der Waals surface area contributed by atoms with E-state index in [1.54, 1.807) is 24.9 Å². The molecule has 1 unspecified atom stereocenters. The number of hydrogen-bond donors (Lipinski definition) is 1. The summed E-state index contributed by atoms with van der Waals surface area (Å²) in [6, 6.07) is 7.72. The molecule has 1 aliphatic heterocycles. The SMILES string of the molecule is CCOC(=O)C1CCN(C(=O)C(C)OC(=O)Cc2c[nH]c3ccccc23)CC1. The summed E-state index contributed by atoms with van der Waals surface area (Å²) >= 11 is 0. The molecule has 0 radical (unpaired) electrons. The van der Waals surface area contributed by atoms with Gasteiger partial charge < -0.3 is 19.4 Å². The van der Waals surface area contributed by atoms with Crippen molar-refractivity contribution in [1.29, 1.82) is 0 Å². The van der Waals surface area contributed by atoms with Crippen LogP contribution in [0.4, 0.5) is 0 Å². The second-order valence-electron chi connectivity index (χ2n) is 7.02. The van der Waals surface area contributed by atoms with Crippen LogP contribution in [0.2, 0.25) is 0 Å². The van der Waals surface area contributed by atoms with Gasteiger partial charge in [0.2, 0.25) is 0 Å². The molecule has 0 aliphatic carbocycles. The molecule has 1 saturated heterocycles. The van der Waals surface area contributed by atoms with Crippen LogP contribution in [0.3, 0.4) is 0 Å². The summed E-state index contributed by atoms with van der Waals surface area (Å²) in [7, 11) is 0. The van der Waals surface area contributed by atoms with E-state index in [4.69, 9.17) is 9.47 Å². The van der Waals surface area contributed by atoms with Crippen molar-refractivity contribution in [3.05, 3.63) is 36.0 Å². The molecule has 0 spiro atoms. The van der Waals surface area contributed by atoms with Crippen molar-refractivity contribution in [3.63, 3.8) is 0 Å². The third kappa shape index (κ3) is 4.52. The van der Waals surface area contributed by atoms with Crippen molar-refractivity contribution in [2.24, 2.45) is 5.92 Å². The second kappa shape index (κ2) is 8.91. The van der Waals surface area contributed by atoms with Crippen LogP contribution in [0, 0.1) is 5.92 Å². The molecule has 1 aromatic heterocycles. The number of piperidine rings is 1. The van der Waals surface area contributed by atoms with E-state index in [-0.39, 0.29) is 24.2 Å². The largest absolute Gasteiger partial charge is 0.466 e. The molecule has 28 heavy (non-hydrogen) atoms. The molecule has 2 heterocycles. The number of aromatic amines is 1. The Kier molecular flexibility index (Phi) is 6.34. The molecule has 0 saturated carbocycles. The summed E-state index contributed by atoms with van der Waals surface area (Å²) in [4.78, 5) is 41.4. The van der Waals surface area contributed by atoms with Crippen molar-refractivity contribution in [2.45, 2.75) is 39.2 Å². The topological polar surface area (TPSA) is 88.7 Å². The van der Waals surface area contributed by atoms with Gasteiger partial charge >= 0.3 is 11.9 Å². The lowest BCUT2D eigenvalue weighted by molar-refractivity contribution is -0.160. The maximum absolute atomic E-state index is 12.6. The number of ether oxygens (including phenoxy) is 2. The van der Waals surface area contributed by atoms with Crippen LogP contribution in [0.25, 0.3) is 10.9 Å². The lowest BCUT2D eigenvalue weighted by atomic mass is 9.97. The van der Waals surface area contributed by atoms with E-state index in [2.05, 4.69) is 4.98 Å². The highest BCUT2D eigenvalue weighted by atomic mass is 16.5. The maximum Gasteiger partial charge on any atom is 0.311 e. The highest BCUT2D eigenvalue weighted by molar-refractivity contribution is 5.88. The zero-order chi connectivity index (χ0) is 20.1. The smallest absolute Gasteiger partial charge is 0.311 e. The lowest BCUT2D eigenvalue weighted by Gasteiger charge is -2.32. The maximum atomic E-state index is 12.6. The van der Waals surface area contributed by atoms with E-state index >= 15 is 0 Å². The van der Waals surface area contributed by atoms with Gasteiger partial charge in [-0.1, -0.05) is 18.2 Å². The molecule has 7 nitrogen and oxygen atoms in total. The van der Waals surface area contributed by atoms with E-state index in [1.165, 1.54) is 0 Å². The summed E-state index contributed by atoms with van der Waals surface area (Å²) in [6.07, 6.45) is 2.18. The zero-order valence-corrected chi connectivity index (χ0v) is 16.3. The van der Waals surface area contributed by atoms with Gasteiger partial charge in [0.05, 0.1) is 18.9 Å². The van der Waals surface area contributed by atoms with Crippen molar-refractivity contribution < 1.29 is 23.9 Å². The Balaban J connectivity index is 1.50. The second-order valence-corrected chi connectivity index (χ2v) is 7.02. The zero-order valence-electron chi connectivity index (χ0n) is 16.3. The fourth-order valence-corrected chi connectivity index (χ4v) is 3.58. The summed E-state index contributed by atoms with van der Waals surface area (Å²) in [5.74, 6) is -1.03. The quantitative estimate of drug-likeness (QED) is 0.771. The lowest BCUT2D eigenvalue weighted by Crippen LogP contribution is -2.45. The average Bonchev–Trinajstić information content (AvgIpc) is 3.10. The van der Waals surface area contributed by atoms with Crippen LogP contribution < -0.4 is 0 Å². The van der Waals surface area contributed by atoms with Gasteiger partial charge in [-0.25, -0.2) is 0 Å². The van der Waals surface area contributed by atoms with Gasteiger partial charge in [-0.15, -0.1) is 0 Å². The van der Waals surface area contributed by atoms with Gasteiger partial charge in [-0.05, 0) is 38.3 Å². The fraction of sp³-hybridized carbons (Fsp3) is 0.476. The summed E-state index contributed by atoms with van der Waals surface area (Å²) < 4.78 is 10.4. The van der Waals surface area contributed by atoms with Gasteiger partial charge in [0.15, 0.2) is 6.10 Å². The molecule has 3 rings (SSSR count). The molecule has 2 aromatic rings. The number of carbonyl (C=O) groups is 3. The molecular weight excluding hydrogens is 360 g/mol. The fourth-order valence-electron chi connectivity index (χ4n) is 3.58. The summed E-state index contributed by atoms with van der Waals surface area (Å²) in [5.41, 5.74) is 1.80. The minimum absolute atomic E-state index is 0.104. The van der Waals surface area contributed by atoms with E-state index < -0.39 is 12.1 Å². The third-order valence-corrected chi connectivity index (χ3v) is 5.09. The highest BCUT2D eigenvalue weighted by Crippen LogP contribution is 2.21. The van der Waals surface area contributed by atoms with E-state index in [1.807, 2.05) is 24.3 Å². The van der Waals surface area contributed by atoms with Gasteiger partial charge in [0.1, 0.15) is 0 Å². The highest BCUT2D eigenvalue weighted by Gasteiger charge is 2.31. The molecule has 1 atom stereocenters. The number of hydrogen-bond acceptors (Lipinski definition) is 5. The number of esters is 2. The Morgan fingerprint density at radius 3 is 2.64 bits per heavy atom. The first kappa shape index (κ1) is 19.9. The minimum atomic E-state index is -0.850. The molecule has 1 N–H and O–H groups in total. The number of rotatable bonds is 6.